The zero-order valence-electron chi connectivity index (χ0n) is 8.18. The first-order chi connectivity index (χ1) is 5.33. The molecular weight excluding hydrogens is 154 g/mol. The molecule has 0 aromatic carbocycles. The van der Waals surface area contributed by atoms with Crippen molar-refractivity contribution in [3.8, 4) is 0 Å². The van der Waals surface area contributed by atoms with Crippen molar-refractivity contribution in [3.05, 3.63) is 0 Å². The summed E-state index contributed by atoms with van der Waals surface area (Å²) in [5.74, 6) is -0.319. The number of ether oxygens (including phenoxy) is 1. The molecule has 0 radical (unpaired) electrons. The standard InChI is InChI=1S/C9H17NO2/c1-8(2)6(5-10)7(11)12-9(8,3)4/h6H,5,10H2,1-4H3. The summed E-state index contributed by atoms with van der Waals surface area (Å²) in [5.41, 5.74) is 4.96. The summed E-state index contributed by atoms with van der Waals surface area (Å²) in [6, 6.07) is 0. The van der Waals surface area contributed by atoms with Crippen LogP contribution in [0, 0.1) is 11.3 Å². The maximum atomic E-state index is 11.3. The quantitative estimate of drug-likeness (QED) is 0.597. The molecule has 3 heteroatoms. The Labute approximate surface area is 73.3 Å². The first-order valence-corrected chi connectivity index (χ1v) is 4.26. The molecule has 1 aliphatic rings. The predicted molar refractivity (Wildman–Crippen MR) is 46.5 cm³/mol. The summed E-state index contributed by atoms with van der Waals surface area (Å²) >= 11 is 0. The van der Waals surface area contributed by atoms with Crippen LogP contribution in [0.15, 0.2) is 0 Å². The van der Waals surface area contributed by atoms with Gasteiger partial charge in [0, 0.05) is 12.0 Å². The highest BCUT2D eigenvalue weighted by Crippen LogP contribution is 2.46. The molecule has 70 valence electrons. The third-order valence-corrected chi connectivity index (χ3v) is 3.30. The molecule has 0 aromatic rings. The second kappa shape index (κ2) is 2.46. The van der Waals surface area contributed by atoms with Crippen LogP contribution in [0.2, 0.25) is 0 Å². The molecule has 1 aliphatic heterocycles. The van der Waals surface area contributed by atoms with Crippen LogP contribution in [0.1, 0.15) is 27.7 Å². The maximum absolute atomic E-state index is 11.3. The van der Waals surface area contributed by atoms with Gasteiger partial charge >= 0.3 is 5.97 Å². The molecule has 1 saturated heterocycles. The van der Waals surface area contributed by atoms with Gasteiger partial charge in [-0.2, -0.15) is 0 Å². The van der Waals surface area contributed by atoms with Crippen molar-refractivity contribution in [2.24, 2.45) is 17.1 Å². The van der Waals surface area contributed by atoms with Crippen LogP contribution in [0.4, 0.5) is 0 Å². The minimum Gasteiger partial charge on any atom is -0.459 e. The lowest BCUT2D eigenvalue weighted by Crippen LogP contribution is -2.40. The summed E-state index contributed by atoms with van der Waals surface area (Å²) in [7, 11) is 0. The molecule has 0 aromatic heterocycles. The van der Waals surface area contributed by atoms with Crippen LogP contribution < -0.4 is 5.73 Å². The molecular formula is C9H17NO2. The normalized spacial score (nSPS) is 31.8. The number of nitrogens with two attached hydrogens (primary N) is 1. The molecule has 1 rings (SSSR count). The number of carbonyl (C=O) groups is 1. The second-order valence-electron chi connectivity index (χ2n) is 4.44. The van der Waals surface area contributed by atoms with Crippen LogP contribution in [0.25, 0.3) is 0 Å². The van der Waals surface area contributed by atoms with E-state index in [2.05, 4.69) is 0 Å². The number of hydrogen-bond acceptors (Lipinski definition) is 3. The molecule has 1 fully saturated rings. The molecule has 0 aliphatic carbocycles. The van der Waals surface area contributed by atoms with Crippen molar-refractivity contribution >= 4 is 5.97 Å². The molecule has 2 N–H and O–H groups in total. The first-order valence-electron chi connectivity index (χ1n) is 4.26. The first kappa shape index (κ1) is 9.52. The number of hydrogen-bond donors (Lipinski definition) is 1. The van der Waals surface area contributed by atoms with E-state index in [9.17, 15) is 4.79 Å². The lowest BCUT2D eigenvalue weighted by molar-refractivity contribution is -0.149. The largest absolute Gasteiger partial charge is 0.459 e. The van der Waals surface area contributed by atoms with E-state index in [1.165, 1.54) is 0 Å². The van der Waals surface area contributed by atoms with E-state index in [4.69, 9.17) is 10.5 Å². The summed E-state index contributed by atoms with van der Waals surface area (Å²) in [6.07, 6.45) is 0. The van der Waals surface area contributed by atoms with Gasteiger partial charge in [-0.1, -0.05) is 13.8 Å². The van der Waals surface area contributed by atoms with Gasteiger partial charge in [0.05, 0.1) is 5.92 Å². The van der Waals surface area contributed by atoms with Gasteiger partial charge in [0.1, 0.15) is 5.60 Å². The van der Waals surface area contributed by atoms with E-state index in [1.54, 1.807) is 0 Å². The Morgan fingerprint density at radius 1 is 1.42 bits per heavy atom. The molecule has 1 unspecified atom stereocenters. The smallest absolute Gasteiger partial charge is 0.311 e. The SMILES string of the molecule is CC1(C)OC(=O)C(CN)C1(C)C. The minimum atomic E-state index is -0.395. The monoisotopic (exact) mass is 171 g/mol. The Morgan fingerprint density at radius 3 is 2.08 bits per heavy atom. The summed E-state index contributed by atoms with van der Waals surface area (Å²) < 4.78 is 5.25. The highest BCUT2D eigenvalue weighted by atomic mass is 16.6. The van der Waals surface area contributed by atoms with Gasteiger partial charge in [0.2, 0.25) is 0 Å². The Balaban J connectivity index is 3.00. The maximum Gasteiger partial charge on any atom is 0.311 e. The van der Waals surface area contributed by atoms with E-state index in [0.29, 0.717) is 6.54 Å². The zero-order chi connectivity index (χ0) is 9.57. The van der Waals surface area contributed by atoms with Crippen molar-refractivity contribution in [1.29, 1.82) is 0 Å². The Morgan fingerprint density at radius 2 is 1.92 bits per heavy atom. The van der Waals surface area contributed by atoms with E-state index in [1.807, 2.05) is 27.7 Å². The van der Waals surface area contributed by atoms with E-state index < -0.39 is 5.60 Å². The van der Waals surface area contributed by atoms with E-state index >= 15 is 0 Å². The third kappa shape index (κ3) is 1.04. The van der Waals surface area contributed by atoms with Crippen molar-refractivity contribution in [2.45, 2.75) is 33.3 Å². The van der Waals surface area contributed by atoms with Crippen LogP contribution in [0.5, 0.6) is 0 Å². The number of carbonyl (C=O) groups excluding carboxylic acids is 1. The van der Waals surface area contributed by atoms with Gasteiger partial charge in [-0.3, -0.25) is 4.79 Å². The van der Waals surface area contributed by atoms with Gasteiger partial charge in [-0.15, -0.1) is 0 Å². The van der Waals surface area contributed by atoms with Gasteiger partial charge in [0.15, 0.2) is 0 Å². The van der Waals surface area contributed by atoms with Crippen molar-refractivity contribution in [2.75, 3.05) is 6.54 Å². The molecule has 0 saturated carbocycles. The molecule has 1 atom stereocenters. The summed E-state index contributed by atoms with van der Waals surface area (Å²) in [5, 5.41) is 0. The molecule has 12 heavy (non-hydrogen) atoms. The zero-order valence-corrected chi connectivity index (χ0v) is 8.18. The molecule has 3 nitrogen and oxygen atoms in total. The highest BCUT2D eigenvalue weighted by Gasteiger charge is 2.55. The topological polar surface area (TPSA) is 52.3 Å². The number of cyclic esters (lactones) is 1. The van der Waals surface area contributed by atoms with Gasteiger partial charge in [-0.05, 0) is 13.8 Å². The van der Waals surface area contributed by atoms with Crippen LogP contribution >= 0.6 is 0 Å². The van der Waals surface area contributed by atoms with Crippen molar-refractivity contribution in [1.82, 2.24) is 0 Å². The second-order valence-corrected chi connectivity index (χ2v) is 4.44. The highest BCUT2D eigenvalue weighted by molar-refractivity contribution is 5.77. The van der Waals surface area contributed by atoms with Crippen LogP contribution in [-0.4, -0.2) is 18.1 Å². The van der Waals surface area contributed by atoms with E-state index in [0.717, 1.165) is 0 Å². The summed E-state index contributed by atoms with van der Waals surface area (Å²) in [6.45, 7) is 8.28. The third-order valence-electron chi connectivity index (χ3n) is 3.30. The van der Waals surface area contributed by atoms with Gasteiger partial charge < -0.3 is 10.5 Å². The molecule has 0 bridgehead atoms. The van der Waals surface area contributed by atoms with Crippen LogP contribution in [-0.2, 0) is 9.53 Å². The minimum absolute atomic E-state index is 0.160. The number of esters is 1. The summed E-state index contributed by atoms with van der Waals surface area (Å²) in [4.78, 5) is 11.3. The Hall–Kier alpha value is -0.570. The van der Waals surface area contributed by atoms with E-state index in [-0.39, 0.29) is 17.3 Å². The Kier molecular flexibility index (Phi) is 1.95. The molecule has 0 amide bonds. The fourth-order valence-corrected chi connectivity index (χ4v) is 1.56. The Bertz CT molecular complexity index is 209. The van der Waals surface area contributed by atoms with Crippen LogP contribution in [0.3, 0.4) is 0 Å². The lowest BCUT2D eigenvalue weighted by atomic mass is 9.70. The van der Waals surface area contributed by atoms with Crippen molar-refractivity contribution in [3.63, 3.8) is 0 Å². The predicted octanol–water partition coefficient (Wildman–Crippen LogP) is 0.923. The molecule has 1 heterocycles. The number of rotatable bonds is 1. The average molecular weight is 171 g/mol. The van der Waals surface area contributed by atoms with Gasteiger partial charge in [-0.25, -0.2) is 0 Å². The fraction of sp³-hybridized carbons (Fsp3) is 0.889. The lowest BCUT2D eigenvalue weighted by Gasteiger charge is -2.34. The fourth-order valence-electron chi connectivity index (χ4n) is 1.56. The van der Waals surface area contributed by atoms with Gasteiger partial charge in [0.25, 0.3) is 0 Å². The average Bonchev–Trinajstić information content (AvgIpc) is 1.99. The van der Waals surface area contributed by atoms with Crippen molar-refractivity contribution < 1.29 is 9.53 Å². The molecule has 0 spiro atoms.